The zero-order valence-corrected chi connectivity index (χ0v) is 18.6. The highest BCUT2D eigenvalue weighted by Crippen LogP contribution is 2.38. The molecule has 2 saturated heterocycles. The minimum Gasteiger partial charge on any atom is -0.380 e. The lowest BCUT2D eigenvalue weighted by atomic mass is 9.79. The number of aromatic nitrogens is 2. The summed E-state index contributed by atoms with van der Waals surface area (Å²) in [6, 6.07) is 3.42. The fourth-order valence-electron chi connectivity index (χ4n) is 4.63. The van der Waals surface area contributed by atoms with Crippen LogP contribution in [0.1, 0.15) is 57.9 Å². The van der Waals surface area contributed by atoms with Crippen LogP contribution < -0.4 is 5.32 Å². The lowest BCUT2D eigenvalue weighted by Gasteiger charge is -2.46. The summed E-state index contributed by atoms with van der Waals surface area (Å²) in [7, 11) is 1.58. The van der Waals surface area contributed by atoms with Crippen LogP contribution in [0.15, 0.2) is 29.0 Å². The molecular formula is C23H30N4O5. The lowest BCUT2D eigenvalue weighted by molar-refractivity contribution is -0.122. The first-order valence-corrected chi connectivity index (χ1v) is 11.1. The molecule has 172 valence electrons. The number of carbonyl (C=O) groups excluding carboxylic acids is 2. The van der Waals surface area contributed by atoms with Crippen LogP contribution in [-0.4, -0.2) is 65.8 Å². The third-order valence-electron chi connectivity index (χ3n) is 6.53. The van der Waals surface area contributed by atoms with Crippen molar-refractivity contribution in [2.24, 2.45) is 5.92 Å². The van der Waals surface area contributed by atoms with E-state index in [1.807, 2.05) is 4.90 Å². The SMILES string of the molecule is COCc1c(C(=O)N2CCC3(CC2)CC(CNC(=O)c2ccncc2)CCO3)noc1C. The van der Waals surface area contributed by atoms with E-state index in [-0.39, 0.29) is 17.4 Å². The predicted molar refractivity (Wildman–Crippen MR) is 115 cm³/mol. The van der Waals surface area contributed by atoms with Gasteiger partial charge < -0.3 is 24.2 Å². The summed E-state index contributed by atoms with van der Waals surface area (Å²) in [5.41, 5.74) is 1.42. The number of hydrogen-bond acceptors (Lipinski definition) is 7. The van der Waals surface area contributed by atoms with E-state index in [1.165, 1.54) is 0 Å². The summed E-state index contributed by atoms with van der Waals surface area (Å²) in [5, 5.41) is 7.01. The van der Waals surface area contributed by atoms with Crippen LogP contribution in [0.4, 0.5) is 0 Å². The van der Waals surface area contributed by atoms with Gasteiger partial charge in [0.05, 0.1) is 17.8 Å². The molecule has 0 saturated carbocycles. The van der Waals surface area contributed by atoms with E-state index in [9.17, 15) is 9.59 Å². The molecule has 2 aromatic rings. The number of aryl methyl sites for hydroxylation is 1. The highest BCUT2D eigenvalue weighted by molar-refractivity contribution is 5.94. The number of nitrogens with one attached hydrogen (secondary N) is 1. The summed E-state index contributed by atoms with van der Waals surface area (Å²) in [6.07, 6.45) is 6.56. The maximum absolute atomic E-state index is 13.0. The molecule has 1 atom stereocenters. The van der Waals surface area contributed by atoms with Gasteiger partial charge in [-0.05, 0) is 50.7 Å². The van der Waals surface area contributed by atoms with E-state index in [2.05, 4.69) is 15.5 Å². The molecule has 2 aliphatic heterocycles. The average Bonchev–Trinajstić information content (AvgIpc) is 3.18. The molecule has 1 N–H and O–H groups in total. The summed E-state index contributed by atoms with van der Waals surface area (Å²) in [5.74, 6) is 0.753. The Labute approximate surface area is 187 Å². The van der Waals surface area contributed by atoms with Gasteiger partial charge in [0.25, 0.3) is 11.8 Å². The number of pyridine rings is 1. The Balaban J connectivity index is 1.31. The largest absolute Gasteiger partial charge is 0.380 e. The van der Waals surface area contributed by atoms with E-state index in [1.54, 1.807) is 38.6 Å². The number of methoxy groups -OCH3 is 1. The van der Waals surface area contributed by atoms with Crippen molar-refractivity contribution in [3.05, 3.63) is 47.1 Å². The molecule has 9 nitrogen and oxygen atoms in total. The first-order valence-electron chi connectivity index (χ1n) is 11.1. The molecule has 4 heterocycles. The summed E-state index contributed by atoms with van der Waals surface area (Å²) in [4.78, 5) is 31.1. The first-order chi connectivity index (χ1) is 15.5. The predicted octanol–water partition coefficient (Wildman–Crippen LogP) is 2.36. The molecular weight excluding hydrogens is 412 g/mol. The number of nitrogens with zero attached hydrogens (tertiary/aromatic N) is 3. The quantitative estimate of drug-likeness (QED) is 0.732. The second-order valence-corrected chi connectivity index (χ2v) is 8.63. The Morgan fingerprint density at radius 3 is 2.75 bits per heavy atom. The van der Waals surface area contributed by atoms with Crippen LogP contribution in [0.3, 0.4) is 0 Å². The third kappa shape index (κ3) is 4.83. The highest BCUT2D eigenvalue weighted by Gasteiger charge is 2.41. The van der Waals surface area contributed by atoms with Gasteiger partial charge in [0, 0.05) is 51.3 Å². The minimum atomic E-state index is -0.240. The smallest absolute Gasteiger partial charge is 0.276 e. The van der Waals surface area contributed by atoms with Gasteiger partial charge >= 0.3 is 0 Å². The Hall–Kier alpha value is -2.78. The average molecular weight is 443 g/mol. The van der Waals surface area contributed by atoms with Crippen LogP contribution >= 0.6 is 0 Å². The van der Waals surface area contributed by atoms with Gasteiger partial charge in [-0.15, -0.1) is 0 Å². The zero-order chi connectivity index (χ0) is 22.6. The number of carbonyl (C=O) groups is 2. The van der Waals surface area contributed by atoms with E-state index in [0.717, 1.165) is 25.7 Å². The van der Waals surface area contributed by atoms with Crippen LogP contribution in [-0.2, 0) is 16.1 Å². The van der Waals surface area contributed by atoms with Gasteiger partial charge in [-0.1, -0.05) is 5.16 Å². The van der Waals surface area contributed by atoms with Gasteiger partial charge in [-0.25, -0.2) is 0 Å². The Bertz CT molecular complexity index is 937. The van der Waals surface area contributed by atoms with Crippen molar-refractivity contribution >= 4 is 11.8 Å². The topological polar surface area (TPSA) is 107 Å². The number of piperidine rings is 1. The zero-order valence-electron chi connectivity index (χ0n) is 18.6. The van der Waals surface area contributed by atoms with Crippen molar-refractivity contribution in [2.45, 2.75) is 44.8 Å². The molecule has 2 amide bonds. The van der Waals surface area contributed by atoms with E-state index in [0.29, 0.717) is 61.3 Å². The summed E-state index contributed by atoms with van der Waals surface area (Å²) >= 11 is 0. The second kappa shape index (κ2) is 9.79. The number of hydrogen-bond donors (Lipinski definition) is 1. The van der Waals surface area contributed by atoms with Crippen molar-refractivity contribution in [3.8, 4) is 0 Å². The van der Waals surface area contributed by atoms with Crippen molar-refractivity contribution in [1.82, 2.24) is 20.4 Å². The van der Waals surface area contributed by atoms with Crippen molar-refractivity contribution in [1.29, 1.82) is 0 Å². The van der Waals surface area contributed by atoms with Crippen LogP contribution in [0, 0.1) is 12.8 Å². The van der Waals surface area contributed by atoms with Gasteiger partial charge in [-0.2, -0.15) is 0 Å². The van der Waals surface area contributed by atoms with Gasteiger partial charge in [0.1, 0.15) is 5.76 Å². The van der Waals surface area contributed by atoms with Gasteiger partial charge in [-0.3, -0.25) is 14.6 Å². The molecule has 1 unspecified atom stereocenters. The summed E-state index contributed by atoms with van der Waals surface area (Å²) < 4.78 is 16.6. The fraction of sp³-hybridized carbons (Fsp3) is 0.565. The Kier molecular flexibility index (Phi) is 6.86. The van der Waals surface area contributed by atoms with Gasteiger partial charge in [0.15, 0.2) is 5.69 Å². The van der Waals surface area contributed by atoms with Crippen LogP contribution in [0.2, 0.25) is 0 Å². The summed E-state index contributed by atoms with van der Waals surface area (Å²) in [6.45, 7) is 4.58. The Morgan fingerprint density at radius 1 is 1.28 bits per heavy atom. The maximum Gasteiger partial charge on any atom is 0.276 e. The van der Waals surface area contributed by atoms with E-state index >= 15 is 0 Å². The lowest BCUT2D eigenvalue weighted by Crippen LogP contribution is -2.52. The number of likely N-dealkylation sites (tertiary alicyclic amines) is 1. The highest BCUT2D eigenvalue weighted by atomic mass is 16.5. The normalized spacial score (nSPS) is 20.3. The molecule has 2 aliphatic rings. The number of rotatable bonds is 6. The molecule has 2 fully saturated rings. The molecule has 0 aliphatic carbocycles. The molecule has 0 radical (unpaired) electrons. The van der Waals surface area contributed by atoms with Crippen molar-refractivity contribution < 1.29 is 23.6 Å². The number of ether oxygens (including phenoxy) is 2. The van der Waals surface area contributed by atoms with Gasteiger partial charge in [0.2, 0.25) is 0 Å². The molecule has 1 spiro atoms. The van der Waals surface area contributed by atoms with Crippen molar-refractivity contribution in [2.75, 3.05) is 33.4 Å². The molecule has 0 aromatic carbocycles. The molecule has 4 rings (SSSR count). The standard InChI is InChI=1S/C23H30N4O5/c1-16-19(15-30-2)20(26-32-16)22(29)27-10-6-23(7-11-27)13-17(5-12-31-23)14-25-21(28)18-3-8-24-9-4-18/h3-4,8-9,17H,5-7,10-15H2,1-2H3,(H,25,28). The molecule has 0 bridgehead atoms. The third-order valence-corrected chi connectivity index (χ3v) is 6.53. The number of amides is 2. The van der Waals surface area contributed by atoms with Crippen molar-refractivity contribution in [3.63, 3.8) is 0 Å². The second-order valence-electron chi connectivity index (χ2n) is 8.63. The van der Waals surface area contributed by atoms with Crippen LogP contribution in [0.25, 0.3) is 0 Å². The van der Waals surface area contributed by atoms with E-state index < -0.39 is 0 Å². The monoisotopic (exact) mass is 442 g/mol. The fourth-order valence-corrected chi connectivity index (χ4v) is 4.63. The molecule has 32 heavy (non-hydrogen) atoms. The van der Waals surface area contributed by atoms with Crippen LogP contribution in [0.5, 0.6) is 0 Å². The Morgan fingerprint density at radius 2 is 2.03 bits per heavy atom. The maximum atomic E-state index is 13.0. The first kappa shape index (κ1) is 22.4. The molecule has 9 heteroatoms. The van der Waals surface area contributed by atoms with E-state index in [4.69, 9.17) is 14.0 Å². The molecule has 2 aromatic heterocycles. The minimum absolute atomic E-state index is 0.0804.